The summed E-state index contributed by atoms with van der Waals surface area (Å²) in [6.45, 7) is 13.1. The van der Waals surface area contributed by atoms with Gasteiger partial charge in [0.25, 0.3) is 0 Å². The van der Waals surface area contributed by atoms with Crippen LogP contribution in [0.3, 0.4) is 0 Å². The Hall–Kier alpha value is -1.15. The molecule has 0 aliphatic carbocycles. The van der Waals surface area contributed by atoms with Gasteiger partial charge in [-0.25, -0.2) is 0 Å². The number of nitrogens with zero attached hydrogens (tertiary/aromatic N) is 1. The molecule has 1 unspecified atom stereocenters. The molecule has 1 fully saturated rings. The average Bonchev–Trinajstić information content (AvgIpc) is 2.42. The third kappa shape index (κ3) is 3.74. The van der Waals surface area contributed by atoms with Gasteiger partial charge >= 0.3 is 0 Å². The van der Waals surface area contributed by atoms with E-state index in [1.54, 1.807) is 0 Å². The molecular weight excluding hydrogens is 258 g/mol. The molecule has 1 aliphatic rings. The second-order valence-electron chi connectivity index (χ2n) is 7.51. The fourth-order valence-electron chi connectivity index (χ4n) is 3.25. The Morgan fingerprint density at radius 3 is 2.33 bits per heavy atom. The van der Waals surface area contributed by atoms with Crippen LogP contribution in [-0.2, 0) is 16.8 Å². The van der Waals surface area contributed by atoms with Crippen molar-refractivity contribution in [1.82, 2.24) is 4.90 Å². The van der Waals surface area contributed by atoms with E-state index in [1.165, 1.54) is 35.1 Å². The van der Waals surface area contributed by atoms with Gasteiger partial charge < -0.3 is 4.79 Å². The number of piperidine rings is 1. The molecule has 2 rings (SSSR count). The van der Waals surface area contributed by atoms with Crippen molar-refractivity contribution in [2.24, 2.45) is 0 Å². The molecule has 0 radical (unpaired) electrons. The standard InChI is InChI=1S/C19H29NO/c1-14-10-16(19(3,4)5)11-15(2)18(14)12-20-9-7-6-8-17(20)13-21/h10-11,13,17H,6-9,12H2,1-5H3. The van der Waals surface area contributed by atoms with E-state index in [1.807, 2.05) is 0 Å². The first kappa shape index (κ1) is 16.2. The largest absolute Gasteiger partial charge is 0.302 e. The SMILES string of the molecule is Cc1cc(C(C)(C)C)cc(C)c1CN1CCCCC1C=O. The van der Waals surface area contributed by atoms with E-state index >= 15 is 0 Å². The zero-order chi connectivity index (χ0) is 15.6. The minimum atomic E-state index is 0.111. The lowest BCUT2D eigenvalue weighted by atomic mass is 9.83. The molecule has 0 saturated carbocycles. The minimum Gasteiger partial charge on any atom is -0.302 e. The van der Waals surface area contributed by atoms with Crippen molar-refractivity contribution < 1.29 is 4.79 Å². The van der Waals surface area contributed by atoms with E-state index in [0.29, 0.717) is 0 Å². The summed E-state index contributed by atoms with van der Waals surface area (Å²) in [5, 5.41) is 0. The lowest BCUT2D eigenvalue weighted by molar-refractivity contribution is -0.113. The van der Waals surface area contributed by atoms with Crippen LogP contribution in [0.2, 0.25) is 0 Å². The molecule has 0 N–H and O–H groups in total. The predicted octanol–water partition coefficient (Wildman–Crippen LogP) is 4.15. The van der Waals surface area contributed by atoms with Crippen molar-refractivity contribution in [1.29, 1.82) is 0 Å². The molecular formula is C19H29NO. The van der Waals surface area contributed by atoms with E-state index in [2.05, 4.69) is 51.7 Å². The summed E-state index contributed by atoms with van der Waals surface area (Å²) < 4.78 is 0. The van der Waals surface area contributed by atoms with E-state index < -0.39 is 0 Å². The van der Waals surface area contributed by atoms with Gasteiger partial charge in [-0.05, 0) is 60.9 Å². The first-order chi connectivity index (χ1) is 9.82. The fourth-order valence-corrected chi connectivity index (χ4v) is 3.25. The predicted molar refractivity (Wildman–Crippen MR) is 88.7 cm³/mol. The average molecular weight is 287 g/mol. The van der Waals surface area contributed by atoms with Gasteiger partial charge in [0.05, 0.1) is 6.04 Å². The van der Waals surface area contributed by atoms with Crippen LogP contribution >= 0.6 is 0 Å². The Balaban J connectivity index is 2.26. The number of carbonyl (C=O) groups is 1. The molecule has 1 aromatic carbocycles. The van der Waals surface area contributed by atoms with Crippen molar-refractivity contribution in [2.75, 3.05) is 6.54 Å². The molecule has 0 amide bonds. The van der Waals surface area contributed by atoms with Gasteiger partial charge in [-0.3, -0.25) is 4.90 Å². The molecule has 0 bridgehead atoms. The molecule has 0 spiro atoms. The van der Waals surface area contributed by atoms with Gasteiger partial charge in [-0.2, -0.15) is 0 Å². The topological polar surface area (TPSA) is 20.3 Å². The Morgan fingerprint density at radius 1 is 1.19 bits per heavy atom. The summed E-state index contributed by atoms with van der Waals surface area (Å²) >= 11 is 0. The van der Waals surface area contributed by atoms with Crippen LogP contribution in [0.5, 0.6) is 0 Å². The molecule has 1 aromatic rings. The summed E-state index contributed by atoms with van der Waals surface area (Å²) in [5.74, 6) is 0. The highest BCUT2D eigenvalue weighted by molar-refractivity contribution is 5.57. The van der Waals surface area contributed by atoms with Crippen LogP contribution in [-0.4, -0.2) is 23.8 Å². The zero-order valence-corrected chi connectivity index (χ0v) is 14.2. The third-order valence-electron chi connectivity index (χ3n) is 4.74. The van der Waals surface area contributed by atoms with E-state index in [4.69, 9.17) is 0 Å². The Bertz CT molecular complexity index is 490. The van der Waals surface area contributed by atoms with Crippen LogP contribution in [0.15, 0.2) is 12.1 Å². The number of carbonyl (C=O) groups excluding carboxylic acids is 1. The van der Waals surface area contributed by atoms with Crippen molar-refractivity contribution in [3.63, 3.8) is 0 Å². The molecule has 0 aromatic heterocycles. The molecule has 1 aliphatic heterocycles. The number of benzene rings is 1. The quantitative estimate of drug-likeness (QED) is 0.778. The lowest BCUT2D eigenvalue weighted by Crippen LogP contribution is -2.40. The summed E-state index contributed by atoms with van der Waals surface area (Å²) in [5.41, 5.74) is 5.69. The van der Waals surface area contributed by atoms with Crippen LogP contribution in [0.4, 0.5) is 0 Å². The smallest absolute Gasteiger partial charge is 0.137 e. The van der Waals surface area contributed by atoms with Crippen LogP contribution < -0.4 is 0 Å². The second kappa shape index (κ2) is 6.31. The number of rotatable bonds is 3. The summed E-state index contributed by atoms with van der Waals surface area (Å²) in [4.78, 5) is 13.6. The maximum absolute atomic E-state index is 11.3. The highest BCUT2D eigenvalue weighted by Gasteiger charge is 2.23. The monoisotopic (exact) mass is 287 g/mol. The first-order valence-corrected chi connectivity index (χ1v) is 8.13. The molecule has 21 heavy (non-hydrogen) atoms. The van der Waals surface area contributed by atoms with Gasteiger partial charge in [0.2, 0.25) is 0 Å². The Kier molecular flexibility index (Phi) is 4.88. The number of aryl methyl sites for hydroxylation is 2. The fraction of sp³-hybridized carbons (Fsp3) is 0.632. The number of likely N-dealkylation sites (tertiary alicyclic amines) is 1. The zero-order valence-electron chi connectivity index (χ0n) is 14.2. The normalized spacial score (nSPS) is 20.5. The molecule has 1 atom stereocenters. The van der Waals surface area contributed by atoms with Crippen LogP contribution in [0.25, 0.3) is 0 Å². The van der Waals surface area contributed by atoms with Crippen molar-refractivity contribution >= 4 is 6.29 Å². The first-order valence-electron chi connectivity index (χ1n) is 8.13. The summed E-state index contributed by atoms with van der Waals surface area (Å²) in [6, 6.07) is 4.75. The molecule has 1 saturated heterocycles. The molecule has 1 heterocycles. The van der Waals surface area contributed by atoms with Crippen molar-refractivity contribution in [3.05, 3.63) is 34.4 Å². The minimum absolute atomic E-state index is 0.111. The summed E-state index contributed by atoms with van der Waals surface area (Å²) in [7, 11) is 0. The second-order valence-corrected chi connectivity index (χ2v) is 7.51. The van der Waals surface area contributed by atoms with Gasteiger partial charge in [-0.15, -0.1) is 0 Å². The molecule has 2 nitrogen and oxygen atoms in total. The van der Waals surface area contributed by atoms with Gasteiger partial charge in [0, 0.05) is 6.54 Å². The Labute approximate surface area is 129 Å². The van der Waals surface area contributed by atoms with E-state index in [9.17, 15) is 4.79 Å². The van der Waals surface area contributed by atoms with Crippen molar-refractivity contribution in [3.8, 4) is 0 Å². The van der Waals surface area contributed by atoms with E-state index in [-0.39, 0.29) is 11.5 Å². The number of hydrogen-bond donors (Lipinski definition) is 0. The third-order valence-corrected chi connectivity index (χ3v) is 4.74. The number of aldehydes is 1. The lowest BCUT2D eigenvalue weighted by Gasteiger charge is -2.33. The highest BCUT2D eigenvalue weighted by atomic mass is 16.1. The number of hydrogen-bond acceptors (Lipinski definition) is 2. The Morgan fingerprint density at radius 2 is 1.81 bits per heavy atom. The van der Waals surface area contributed by atoms with Gasteiger partial charge in [-0.1, -0.05) is 39.3 Å². The van der Waals surface area contributed by atoms with Crippen LogP contribution in [0.1, 0.15) is 62.3 Å². The maximum Gasteiger partial charge on any atom is 0.137 e. The molecule has 116 valence electrons. The maximum atomic E-state index is 11.3. The van der Waals surface area contributed by atoms with Gasteiger partial charge in [0.15, 0.2) is 0 Å². The van der Waals surface area contributed by atoms with Gasteiger partial charge in [0.1, 0.15) is 6.29 Å². The van der Waals surface area contributed by atoms with Crippen molar-refractivity contribution in [2.45, 2.75) is 71.9 Å². The summed E-state index contributed by atoms with van der Waals surface area (Å²) in [6.07, 6.45) is 4.54. The van der Waals surface area contributed by atoms with E-state index in [0.717, 1.165) is 25.8 Å². The van der Waals surface area contributed by atoms with Crippen LogP contribution in [0, 0.1) is 13.8 Å². The molecule has 2 heteroatoms. The highest BCUT2D eigenvalue weighted by Crippen LogP contribution is 2.28.